The van der Waals surface area contributed by atoms with Gasteiger partial charge in [-0.2, -0.15) is 4.68 Å². The lowest BCUT2D eigenvalue weighted by molar-refractivity contribution is 0.814. The zero-order valence-electron chi connectivity index (χ0n) is 9.80. The fourth-order valence-corrected chi connectivity index (χ4v) is 2.78. The first-order chi connectivity index (χ1) is 8.70. The van der Waals surface area contributed by atoms with Crippen molar-refractivity contribution in [3.8, 4) is 5.13 Å². The van der Waals surface area contributed by atoms with Gasteiger partial charge < -0.3 is 5.73 Å². The van der Waals surface area contributed by atoms with Gasteiger partial charge in [0.2, 0.25) is 5.13 Å². The molecule has 0 atom stereocenters. The van der Waals surface area contributed by atoms with Crippen LogP contribution in [0.1, 0.15) is 12.6 Å². The second-order valence-corrected chi connectivity index (χ2v) is 4.97. The highest BCUT2D eigenvalue weighted by atomic mass is 32.1. The second kappa shape index (κ2) is 3.99. The van der Waals surface area contributed by atoms with Crippen molar-refractivity contribution >= 4 is 27.2 Å². The molecule has 0 saturated heterocycles. The van der Waals surface area contributed by atoms with Crippen LogP contribution in [0.3, 0.4) is 0 Å². The topological polar surface area (TPSA) is 76.7 Å². The molecule has 0 amide bonds. The molecule has 0 radical (unpaired) electrons. The highest BCUT2D eigenvalue weighted by molar-refractivity contribution is 7.20. The number of hydrogen-bond donors (Lipinski definition) is 2. The average molecular weight is 260 g/mol. The van der Waals surface area contributed by atoms with Crippen molar-refractivity contribution in [1.82, 2.24) is 14.8 Å². The summed E-state index contributed by atoms with van der Waals surface area (Å²) in [6, 6.07) is 7.78. The number of H-pyrrole nitrogens is 1. The maximum absolute atomic E-state index is 12.0. The molecular formula is C12H12N4OS. The molecule has 0 aliphatic rings. The van der Waals surface area contributed by atoms with Crippen LogP contribution in [0.2, 0.25) is 0 Å². The van der Waals surface area contributed by atoms with Gasteiger partial charge in [0.05, 0.1) is 15.9 Å². The van der Waals surface area contributed by atoms with Gasteiger partial charge in [-0.05, 0) is 18.6 Å². The number of nitrogens with two attached hydrogens (primary N) is 1. The minimum Gasteiger partial charge on any atom is -0.393 e. The number of rotatable bonds is 2. The van der Waals surface area contributed by atoms with E-state index in [0.717, 1.165) is 15.9 Å². The quantitative estimate of drug-likeness (QED) is 0.739. The Bertz CT molecular complexity index is 735. The number of aromatic nitrogens is 3. The number of fused-ring (bicyclic) bond motifs is 1. The summed E-state index contributed by atoms with van der Waals surface area (Å²) < 4.78 is 2.46. The second-order valence-electron chi connectivity index (χ2n) is 3.96. The van der Waals surface area contributed by atoms with Crippen LogP contribution in [0.5, 0.6) is 0 Å². The summed E-state index contributed by atoms with van der Waals surface area (Å²) in [6.45, 7) is 1.95. The SMILES string of the molecule is CCc1[nH]n(-c2nc3ccccc3s2)c(=O)c1N. The number of aryl methyl sites for hydroxylation is 1. The molecule has 1 aromatic carbocycles. The predicted molar refractivity (Wildman–Crippen MR) is 73.4 cm³/mol. The first kappa shape index (κ1) is 11.0. The van der Waals surface area contributed by atoms with Crippen LogP contribution in [0, 0.1) is 0 Å². The van der Waals surface area contributed by atoms with Gasteiger partial charge in [0.25, 0.3) is 5.56 Å². The lowest BCUT2D eigenvalue weighted by Crippen LogP contribution is -2.16. The number of nitrogens with zero attached hydrogens (tertiary/aromatic N) is 2. The molecule has 0 aliphatic heterocycles. The van der Waals surface area contributed by atoms with Crippen molar-refractivity contribution < 1.29 is 0 Å². The standard InChI is InChI=1S/C12H12N4OS/c1-2-7-10(13)11(17)16(15-7)12-14-8-5-3-4-6-9(8)18-12/h3-6,15H,2,13H2,1H3. The molecule has 2 aromatic heterocycles. The highest BCUT2D eigenvalue weighted by Crippen LogP contribution is 2.23. The summed E-state index contributed by atoms with van der Waals surface area (Å²) in [5, 5.41) is 3.62. The molecule has 0 unspecified atom stereocenters. The van der Waals surface area contributed by atoms with Crippen molar-refractivity contribution in [2.24, 2.45) is 0 Å². The number of benzene rings is 1. The van der Waals surface area contributed by atoms with Gasteiger partial charge in [-0.3, -0.25) is 9.89 Å². The van der Waals surface area contributed by atoms with Gasteiger partial charge in [0, 0.05) is 0 Å². The van der Waals surface area contributed by atoms with E-state index < -0.39 is 0 Å². The van der Waals surface area contributed by atoms with Crippen LogP contribution in [0.15, 0.2) is 29.1 Å². The van der Waals surface area contributed by atoms with E-state index in [2.05, 4.69) is 10.1 Å². The van der Waals surface area contributed by atoms with Crippen LogP contribution in [0.25, 0.3) is 15.3 Å². The van der Waals surface area contributed by atoms with Crippen molar-refractivity contribution in [2.45, 2.75) is 13.3 Å². The lowest BCUT2D eigenvalue weighted by atomic mass is 10.3. The molecule has 0 aliphatic carbocycles. The molecular weight excluding hydrogens is 248 g/mol. The summed E-state index contributed by atoms with van der Waals surface area (Å²) in [4.78, 5) is 16.4. The zero-order chi connectivity index (χ0) is 12.7. The summed E-state index contributed by atoms with van der Waals surface area (Å²) in [5.74, 6) is 0. The zero-order valence-corrected chi connectivity index (χ0v) is 10.6. The third-order valence-corrected chi connectivity index (χ3v) is 3.85. The molecule has 0 fully saturated rings. The minimum atomic E-state index is -0.231. The molecule has 2 heterocycles. The van der Waals surface area contributed by atoms with Gasteiger partial charge >= 0.3 is 0 Å². The largest absolute Gasteiger partial charge is 0.393 e. The fourth-order valence-electron chi connectivity index (χ4n) is 1.86. The number of hydrogen-bond acceptors (Lipinski definition) is 4. The van der Waals surface area contributed by atoms with Gasteiger partial charge in [0.1, 0.15) is 5.69 Å². The number of nitrogens with one attached hydrogen (secondary N) is 1. The van der Waals surface area contributed by atoms with E-state index in [9.17, 15) is 4.79 Å². The first-order valence-electron chi connectivity index (χ1n) is 5.66. The van der Waals surface area contributed by atoms with Gasteiger partial charge in [-0.1, -0.05) is 30.4 Å². The van der Waals surface area contributed by atoms with Gasteiger partial charge in [-0.15, -0.1) is 0 Å². The van der Waals surface area contributed by atoms with Gasteiger partial charge in [-0.25, -0.2) is 4.98 Å². The Morgan fingerprint density at radius 3 is 2.89 bits per heavy atom. The first-order valence-corrected chi connectivity index (χ1v) is 6.47. The Hall–Kier alpha value is -2.08. The van der Waals surface area contributed by atoms with Crippen LogP contribution in [0.4, 0.5) is 5.69 Å². The molecule has 92 valence electrons. The van der Waals surface area contributed by atoms with E-state index in [1.54, 1.807) is 0 Å². The number of thiazole rings is 1. The maximum Gasteiger partial charge on any atom is 0.296 e. The third kappa shape index (κ3) is 1.53. The van der Waals surface area contributed by atoms with E-state index >= 15 is 0 Å². The third-order valence-electron chi connectivity index (χ3n) is 2.83. The van der Waals surface area contributed by atoms with E-state index in [-0.39, 0.29) is 11.2 Å². The molecule has 0 bridgehead atoms. The van der Waals surface area contributed by atoms with Gasteiger partial charge in [0.15, 0.2) is 0 Å². The van der Waals surface area contributed by atoms with Crippen LogP contribution < -0.4 is 11.3 Å². The summed E-state index contributed by atoms with van der Waals surface area (Å²) >= 11 is 1.46. The predicted octanol–water partition coefficient (Wildman–Crippen LogP) is 1.92. The van der Waals surface area contributed by atoms with E-state index in [1.807, 2.05) is 31.2 Å². The van der Waals surface area contributed by atoms with E-state index in [0.29, 0.717) is 11.6 Å². The minimum absolute atomic E-state index is 0.231. The monoisotopic (exact) mass is 260 g/mol. The van der Waals surface area contributed by atoms with E-state index in [1.165, 1.54) is 16.0 Å². The van der Waals surface area contributed by atoms with Crippen LogP contribution in [-0.2, 0) is 6.42 Å². The summed E-state index contributed by atoms with van der Waals surface area (Å²) in [6.07, 6.45) is 0.693. The molecule has 3 aromatic rings. The number of nitrogen functional groups attached to an aromatic ring is 1. The Kier molecular flexibility index (Phi) is 2.45. The molecule has 6 heteroatoms. The molecule has 5 nitrogen and oxygen atoms in total. The molecule has 3 rings (SSSR count). The van der Waals surface area contributed by atoms with Crippen molar-refractivity contribution in [3.05, 3.63) is 40.3 Å². The molecule has 0 saturated carbocycles. The normalized spacial score (nSPS) is 11.2. The smallest absolute Gasteiger partial charge is 0.296 e. The Morgan fingerprint density at radius 1 is 1.44 bits per heavy atom. The molecule has 18 heavy (non-hydrogen) atoms. The lowest BCUT2D eigenvalue weighted by Gasteiger charge is -1.93. The molecule has 0 spiro atoms. The number of anilines is 1. The Labute approximate surface area is 107 Å². The van der Waals surface area contributed by atoms with E-state index in [4.69, 9.17) is 5.73 Å². The maximum atomic E-state index is 12.0. The highest BCUT2D eigenvalue weighted by Gasteiger charge is 2.13. The Balaban J connectivity index is 2.23. The van der Waals surface area contributed by atoms with Crippen LogP contribution >= 0.6 is 11.3 Å². The van der Waals surface area contributed by atoms with Crippen molar-refractivity contribution in [2.75, 3.05) is 5.73 Å². The number of aromatic amines is 1. The average Bonchev–Trinajstić information content (AvgIpc) is 2.92. The number of para-hydroxylation sites is 1. The summed E-state index contributed by atoms with van der Waals surface area (Å²) in [5.41, 5.74) is 7.44. The fraction of sp³-hybridized carbons (Fsp3) is 0.167. The molecule has 3 N–H and O–H groups in total. The van der Waals surface area contributed by atoms with Crippen molar-refractivity contribution in [3.63, 3.8) is 0 Å². The Morgan fingerprint density at radius 2 is 2.22 bits per heavy atom. The van der Waals surface area contributed by atoms with Crippen molar-refractivity contribution in [1.29, 1.82) is 0 Å². The summed E-state index contributed by atoms with van der Waals surface area (Å²) in [7, 11) is 0. The van der Waals surface area contributed by atoms with Crippen LogP contribution in [-0.4, -0.2) is 14.8 Å².